The maximum absolute atomic E-state index is 8.13. The summed E-state index contributed by atoms with van der Waals surface area (Å²) in [6.45, 7) is 0. The molecule has 0 amide bonds. The summed E-state index contributed by atoms with van der Waals surface area (Å²) < 4.78 is 0. The van der Waals surface area contributed by atoms with E-state index in [9.17, 15) is 0 Å². The number of rotatable bonds is 1. The molecule has 2 fully saturated rings. The maximum Gasteiger partial charge on any atom is 0.0908 e. The third-order valence-corrected chi connectivity index (χ3v) is 1.59. The molecular weight excluding hydrogens is 226 g/mol. The van der Waals surface area contributed by atoms with E-state index in [-0.39, 0.29) is 17.1 Å². The predicted molar refractivity (Wildman–Crippen MR) is 56.7 cm³/mol. The monoisotopic (exact) mass is 237 g/mol. The van der Waals surface area contributed by atoms with Gasteiger partial charge in [-0.1, -0.05) is 6.08 Å². The average molecular weight is 237 g/mol. The molecule has 0 aromatic rings. The summed E-state index contributed by atoms with van der Waals surface area (Å²) in [6, 6.07) is 1.93. The Bertz CT molecular complexity index is 187. The molecule has 0 N–H and O–H groups in total. The van der Waals surface area contributed by atoms with Crippen LogP contribution in [-0.4, -0.2) is 0 Å². The van der Waals surface area contributed by atoms with Crippen molar-refractivity contribution < 1.29 is 17.1 Å². The Labute approximate surface area is 104 Å². The molecule has 1 nitrogen and oxygen atoms in total. The molecular formula is C13H11FeN. The quantitative estimate of drug-likeness (QED) is 0.507. The van der Waals surface area contributed by atoms with E-state index in [1.165, 1.54) is 6.08 Å². The van der Waals surface area contributed by atoms with Crippen molar-refractivity contribution in [3.8, 4) is 6.07 Å². The van der Waals surface area contributed by atoms with Crippen molar-refractivity contribution in [3.05, 3.63) is 75.9 Å². The Morgan fingerprint density at radius 2 is 1.33 bits per heavy atom. The number of allylic oxidation sites excluding steroid dienone is 2. The van der Waals surface area contributed by atoms with Crippen LogP contribution in [0.3, 0.4) is 0 Å². The van der Waals surface area contributed by atoms with Gasteiger partial charge in [-0.05, 0) is 57.8 Å². The van der Waals surface area contributed by atoms with Gasteiger partial charge in [-0.3, -0.25) is 0 Å². The molecule has 0 unspecified atom stereocenters. The second-order valence-electron chi connectivity index (χ2n) is 2.64. The molecule has 0 spiro atoms. The maximum atomic E-state index is 8.13. The average Bonchev–Trinajstić information content (AvgIpc) is 2.90. The van der Waals surface area contributed by atoms with Crippen LogP contribution < -0.4 is 0 Å². The Balaban J connectivity index is 0.000000280. The van der Waals surface area contributed by atoms with Crippen molar-refractivity contribution in [3.63, 3.8) is 0 Å². The fourth-order valence-electron chi connectivity index (χ4n) is 0.954. The van der Waals surface area contributed by atoms with Gasteiger partial charge in [-0.25, -0.2) is 0 Å². The zero-order valence-corrected chi connectivity index (χ0v) is 9.26. The van der Waals surface area contributed by atoms with Gasteiger partial charge in [0.2, 0.25) is 0 Å². The first kappa shape index (κ1) is 14.7. The largest absolute Gasteiger partial charge is 0.193 e. The van der Waals surface area contributed by atoms with Gasteiger partial charge in [0.15, 0.2) is 0 Å². The molecule has 2 rings (SSSR count). The standard InChI is InChI=1S/C8H6N.C5H5.Fe/c9-7-3-6-8-4-1-2-5-8;1-2-4-5-3-1;/h1-6H;1-5H;/b6-3+;;. The fourth-order valence-corrected chi connectivity index (χ4v) is 0.954. The van der Waals surface area contributed by atoms with Gasteiger partial charge >= 0.3 is 0 Å². The first-order valence-electron chi connectivity index (χ1n) is 4.38. The van der Waals surface area contributed by atoms with E-state index in [1.807, 2.05) is 63.9 Å². The van der Waals surface area contributed by atoms with Crippen LogP contribution in [0.2, 0.25) is 0 Å². The molecule has 2 aliphatic rings. The van der Waals surface area contributed by atoms with Crippen LogP contribution in [0, 0.1) is 75.0 Å². The molecule has 0 bridgehead atoms. The van der Waals surface area contributed by atoms with Gasteiger partial charge in [0.25, 0.3) is 0 Å². The Morgan fingerprint density at radius 3 is 1.73 bits per heavy atom. The minimum Gasteiger partial charge on any atom is -0.193 e. The summed E-state index contributed by atoms with van der Waals surface area (Å²) in [5.41, 5.74) is 0. The molecule has 2 aliphatic carbocycles. The minimum absolute atomic E-state index is 0. The fraction of sp³-hybridized carbons (Fsp3) is 0. The molecule has 0 aromatic heterocycles. The SMILES string of the molecule is N#C/C=C/[C]1[CH][CH][CH][CH]1.[CH]1[CH][CH][CH][CH]1.[Fe]. The van der Waals surface area contributed by atoms with Crippen molar-refractivity contribution in [1.82, 2.24) is 0 Å². The minimum atomic E-state index is 0. The van der Waals surface area contributed by atoms with Gasteiger partial charge < -0.3 is 0 Å². The van der Waals surface area contributed by atoms with E-state index < -0.39 is 0 Å². The van der Waals surface area contributed by atoms with Gasteiger partial charge in [-0.2, -0.15) is 5.26 Å². The molecule has 10 radical (unpaired) electrons. The summed E-state index contributed by atoms with van der Waals surface area (Å²) in [6.07, 6.45) is 21.0. The van der Waals surface area contributed by atoms with E-state index in [0.29, 0.717) is 0 Å². The van der Waals surface area contributed by atoms with Crippen LogP contribution in [0.25, 0.3) is 0 Å². The Kier molecular flexibility index (Phi) is 10.1. The van der Waals surface area contributed by atoms with Gasteiger partial charge in [0.1, 0.15) is 0 Å². The first-order valence-corrected chi connectivity index (χ1v) is 4.38. The summed E-state index contributed by atoms with van der Waals surface area (Å²) in [4.78, 5) is 0. The van der Waals surface area contributed by atoms with Gasteiger partial charge in [-0.15, -0.1) is 0 Å². The molecule has 2 heteroatoms. The van der Waals surface area contributed by atoms with Crippen LogP contribution in [-0.2, 0) is 17.1 Å². The van der Waals surface area contributed by atoms with Crippen molar-refractivity contribution in [2.24, 2.45) is 0 Å². The second-order valence-corrected chi connectivity index (χ2v) is 2.64. The van der Waals surface area contributed by atoms with E-state index in [4.69, 9.17) is 5.26 Å². The van der Waals surface area contributed by atoms with Crippen molar-refractivity contribution in [2.75, 3.05) is 0 Å². The molecule has 0 heterocycles. The van der Waals surface area contributed by atoms with Crippen LogP contribution in [0.1, 0.15) is 0 Å². The van der Waals surface area contributed by atoms with Crippen LogP contribution in [0.15, 0.2) is 12.2 Å². The van der Waals surface area contributed by atoms with Crippen LogP contribution in [0.4, 0.5) is 0 Å². The summed E-state index contributed by atoms with van der Waals surface area (Å²) in [5, 5.41) is 8.13. The van der Waals surface area contributed by atoms with Crippen LogP contribution >= 0.6 is 0 Å². The number of nitriles is 1. The second kappa shape index (κ2) is 10.3. The van der Waals surface area contributed by atoms with Gasteiger partial charge in [0.05, 0.1) is 6.07 Å². The van der Waals surface area contributed by atoms with Gasteiger partial charge in [0, 0.05) is 29.1 Å². The first-order chi connectivity index (χ1) is 6.93. The zero-order chi connectivity index (χ0) is 10.1. The number of hydrogen-bond donors (Lipinski definition) is 0. The van der Waals surface area contributed by atoms with E-state index >= 15 is 0 Å². The third kappa shape index (κ3) is 7.65. The molecule has 0 saturated heterocycles. The topological polar surface area (TPSA) is 23.8 Å². The molecule has 2 saturated carbocycles. The van der Waals surface area contributed by atoms with Crippen LogP contribution in [0.5, 0.6) is 0 Å². The zero-order valence-electron chi connectivity index (χ0n) is 8.15. The molecule has 15 heavy (non-hydrogen) atoms. The Morgan fingerprint density at radius 1 is 0.867 bits per heavy atom. The number of hydrogen-bond acceptors (Lipinski definition) is 1. The summed E-state index contributed by atoms with van der Waals surface area (Å²) >= 11 is 0. The predicted octanol–water partition coefficient (Wildman–Crippen LogP) is 2.49. The molecule has 0 atom stereocenters. The summed E-state index contributed by atoms with van der Waals surface area (Å²) in [5.74, 6) is 1.08. The number of nitrogens with zero attached hydrogens (tertiary/aromatic N) is 1. The molecule has 76 valence electrons. The summed E-state index contributed by atoms with van der Waals surface area (Å²) in [7, 11) is 0. The van der Waals surface area contributed by atoms with E-state index in [1.54, 1.807) is 6.08 Å². The molecule has 0 aliphatic heterocycles. The normalized spacial score (nSPS) is 20.5. The van der Waals surface area contributed by atoms with E-state index in [0.717, 1.165) is 5.92 Å². The third-order valence-electron chi connectivity index (χ3n) is 1.59. The van der Waals surface area contributed by atoms with Crippen molar-refractivity contribution >= 4 is 0 Å². The Hall–Kier alpha value is -0.251. The van der Waals surface area contributed by atoms with Crippen molar-refractivity contribution in [2.45, 2.75) is 0 Å². The molecule has 0 aromatic carbocycles. The van der Waals surface area contributed by atoms with E-state index in [2.05, 4.69) is 0 Å². The van der Waals surface area contributed by atoms with Crippen molar-refractivity contribution in [1.29, 1.82) is 5.26 Å². The smallest absolute Gasteiger partial charge is 0.0908 e.